The van der Waals surface area contributed by atoms with Crippen LogP contribution in [0.5, 0.6) is 5.75 Å². The molecule has 0 bridgehead atoms. The van der Waals surface area contributed by atoms with Crippen LogP contribution in [0.1, 0.15) is 31.1 Å². The number of pyridine rings is 1. The van der Waals surface area contributed by atoms with Crippen LogP contribution in [0.15, 0.2) is 36.7 Å². The standard InChI is InChI=1S/C14H9N3O4/c18-9-3-7(5-15-6-9)12(19)16-8-1-2-10-11(4-8)14(21)17-13(10)20/h1-6,18H,(H,16,19)(H,17,20,21). The summed E-state index contributed by atoms with van der Waals surface area (Å²) in [6.07, 6.45) is 2.51. The van der Waals surface area contributed by atoms with Crippen molar-refractivity contribution in [1.29, 1.82) is 0 Å². The van der Waals surface area contributed by atoms with E-state index >= 15 is 0 Å². The molecule has 0 saturated carbocycles. The molecule has 1 aliphatic heterocycles. The third-order valence-electron chi connectivity index (χ3n) is 2.98. The Morgan fingerprint density at radius 2 is 1.86 bits per heavy atom. The van der Waals surface area contributed by atoms with Crippen LogP contribution < -0.4 is 10.6 Å². The molecule has 0 saturated heterocycles. The van der Waals surface area contributed by atoms with E-state index in [9.17, 15) is 19.5 Å². The normalized spacial score (nSPS) is 12.8. The minimum atomic E-state index is -0.495. The molecule has 0 radical (unpaired) electrons. The number of nitrogens with zero attached hydrogens (tertiary/aromatic N) is 1. The number of anilines is 1. The average Bonchev–Trinajstić information content (AvgIpc) is 2.74. The van der Waals surface area contributed by atoms with Gasteiger partial charge >= 0.3 is 0 Å². The second-order valence-corrected chi connectivity index (χ2v) is 4.43. The molecule has 1 aromatic carbocycles. The minimum absolute atomic E-state index is 0.124. The smallest absolute Gasteiger partial charge is 0.259 e. The van der Waals surface area contributed by atoms with E-state index in [0.717, 1.165) is 0 Å². The highest BCUT2D eigenvalue weighted by atomic mass is 16.3. The average molecular weight is 283 g/mol. The van der Waals surface area contributed by atoms with Crippen molar-refractivity contribution >= 4 is 23.4 Å². The van der Waals surface area contributed by atoms with Crippen molar-refractivity contribution in [3.05, 3.63) is 53.3 Å². The molecule has 7 heteroatoms. The summed E-state index contributed by atoms with van der Waals surface area (Å²) in [7, 11) is 0. The molecule has 0 spiro atoms. The first kappa shape index (κ1) is 12.8. The molecule has 1 aliphatic rings. The highest BCUT2D eigenvalue weighted by Gasteiger charge is 2.26. The van der Waals surface area contributed by atoms with E-state index in [1.165, 1.54) is 36.7 Å². The first-order valence-electron chi connectivity index (χ1n) is 6.00. The van der Waals surface area contributed by atoms with Crippen molar-refractivity contribution < 1.29 is 19.5 Å². The highest BCUT2D eigenvalue weighted by molar-refractivity contribution is 6.22. The molecule has 21 heavy (non-hydrogen) atoms. The van der Waals surface area contributed by atoms with Gasteiger partial charge in [0.15, 0.2) is 0 Å². The molecule has 2 heterocycles. The topological polar surface area (TPSA) is 108 Å². The van der Waals surface area contributed by atoms with E-state index in [2.05, 4.69) is 15.6 Å². The van der Waals surface area contributed by atoms with Gasteiger partial charge in [0.2, 0.25) is 0 Å². The first-order valence-corrected chi connectivity index (χ1v) is 6.00. The predicted molar refractivity (Wildman–Crippen MR) is 72.1 cm³/mol. The maximum absolute atomic E-state index is 12.0. The fraction of sp³-hybridized carbons (Fsp3) is 0. The number of fused-ring (bicyclic) bond motifs is 1. The zero-order valence-electron chi connectivity index (χ0n) is 10.6. The number of rotatable bonds is 2. The number of imide groups is 1. The maximum atomic E-state index is 12.0. The molecule has 3 rings (SSSR count). The molecular weight excluding hydrogens is 274 g/mol. The van der Waals surface area contributed by atoms with Crippen molar-refractivity contribution in [2.75, 3.05) is 5.32 Å². The molecule has 0 fully saturated rings. The summed E-state index contributed by atoms with van der Waals surface area (Å²) in [6.45, 7) is 0. The van der Waals surface area contributed by atoms with Crippen LogP contribution >= 0.6 is 0 Å². The van der Waals surface area contributed by atoms with Gasteiger partial charge in [0.1, 0.15) is 5.75 Å². The second kappa shape index (κ2) is 4.71. The molecule has 0 aliphatic carbocycles. The number of carbonyl (C=O) groups excluding carboxylic acids is 3. The van der Waals surface area contributed by atoms with Gasteiger partial charge in [-0.2, -0.15) is 0 Å². The SMILES string of the molecule is O=C(Nc1ccc2c(c1)C(=O)NC2=O)c1cncc(O)c1. The van der Waals surface area contributed by atoms with Gasteiger partial charge < -0.3 is 10.4 Å². The molecule has 7 nitrogen and oxygen atoms in total. The van der Waals surface area contributed by atoms with Crippen LogP contribution in [0.2, 0.25) is 0 Å². The highest BCUT2D eigenvalue weighted by Crippen LogP contribution is 2.21. The molecule has 3 amide bonds. The van der Waals surface area contributed by atoms with Crippen molar-refractivity contribution in [2.24, 2.45) is 0 Å². The van der Waals surface area contributed by atoms with Gasteiger partial charge in [0.25, 0.3) is 17.7 Å². The lowest BCUT2D eigenvalue weighted by atomic mass is 10.1. The van der Waals surface area contributed by atoms with E-state index in [-0.39, 0.29) is 22.4 Å². The fourth-order valence-corrected chi connectivity index (χ4v) is 2.00. The van der Waals surface area contributed by atoms with E-state index in [4.69, 9.17) is 0 Å². The third kappa shape index (κ3) is 2.32. The fourth-order valence-electron chi connectivity index (χ4n) is 2.00. The van der Waals surface area contributed by atoms with Crippen LogP contribution in [-0.4, -0.2) is 27.8 Å². The first-order chi connectivity index (χ1) is 10.0. The number of aromatic hydroxyl groups is 1. The van der Waals surface area contributed by atoms with Gasteiger partial charge in [-0.15, -0.1) is 0 Å². The molecule has 0 atom stereocenters. The Morgan fingerprint density at radius 1 is 1.10 bits per heavy atom. The van der Waals surface area contributed by atoms with Crippen molar-refractivity contribution in [1.82, 2.24) is 10.3 Å². The molecule has 2 aromatic rings. The van der Waals surface area contributed by atoms with Crippen molar-refractivity contribution in [3.8, 4) is 5.75 Å². The molecular formula is C14H9N3O4. The minimum Gasteiger partial charge on any atom is -0.506 e. The van der Waals surface area contributed by atoms with Gasteiger partial charge in [-0.1, -0.05) is 0 Å². The molecule has 0 unspecified atom stereocenters. The van der Waals surface area contributed by atoms with E-state index in [1.54, 1.807) is 0 Å². The Kier molecular flexibility index (Phi) is 2.87. The van der Waals surface area contributed by atoms with Crippen molar-refractivity contribution in [3.63, 3.8) is 0 Å². The zero-order chi connectivity index (χ0) is 15.0. The lowest BCUT2D eigenvalue weighted by Gasteiger charge is -2.06. The van der Waals surface area contributed by atoms with Crippen molar-refractivity contribution in [2.45, 2.75) is 0 Å². The van der Waals surface area contributed by atoms with Gasteiger partial charge in [-0.3, -0.25) is 24.7 Å². The predicted octanol–water partition coefficient (Wildman–Crippen LogP) is 0.923. The Labute approximate surface area is 118 Å². The molecule has 1 aromatic heterocycles. The number of aromatic nitrogens is 1. The van der Waals surface area contributed by atoms with E-state index < -0.39 is 17.7 Å². The quantitative estimate of drug-likeness (QED) is 0.710. The molecule has 104 valence electrons. The molecule has 3 N–H and O–H groups in total. The summed E-state index contributed by atoms with van der Waals surface area (Å²) in [4.78, 5) is 38.6. The van der Waals surface area contributed by atoms with Gasteiger partial charge in [-0.25, -0.2) is 0 Å². The van der Waals surface area contributed by atoms with Crippen LogP contribution in [0.25, 0.3) is 0 Å². The summed E-state index contributed by atoms with van der Waals surface area (Å²) >= 11 is 0. The number of amides is 3. The van der Waals surface area contributed by atoms with Gasteiger partial charge in [-0.05, 0) is 24.3 Å². The zero-order valence-corrected chi connectivity index (χ0v) is 10.6. The summed E-state index contributed by atoms with van der Waals surface area (Å²) in [6, 6.07) is 5.67. The Hall–Kier alpha value is -3.22. The lowest BCUT2D eigenvalue weighted by molar-refractivity contribution is 0.0878. The van der Waals surface area contributed by atoms with Gasteiger partial charge in [0, 0.05) is 11.9 Å². The monoisotopic (exact) mass is 283 g/mol. The summed E-state index contributed by atoms with van der Waals surface area (Å²) in [5.41, 5.74) is 1.03. The third-order valence-corrected chi connectivity index (χ3v) is 2.98. The summed E-state index contributed by atoms with van der Waals surface area (Å²) in [5.74, 6) is -1.56. The Balaban J connectivity index is 1.86. The van der Waals surface area contributed by atoms with Crippen LogP contribution in [0.3, 0.4) is 0 Å². The number of nitrogens with one attached hydrogen (secondary N) is 2. The number of hydrogen-bond acceptors (Lipinski definition) is 5. The summed E-state index contributed by atoms with van der Waals surface area (Å²) in [5, 5.41) is 14.0. The number of hydrogen-bond donors (Lipinski definition) is 3. The van der Waals surface area contributed by atoms with Gasteiger partial charge in [0.05, 0.1) is 22.9 Å². The lowest BCUT2D eigenvalue weighted by Crippen LogP contribution is -2.19. The second-order valence-electron chi connectivity index (χ2n) is 4.43. The van der Waals surface area contributed by atoms with Crippen LogP contribution in [-0.2, 0) is 0 Å². The summed E-state index contributed by atoms with van der Waals surface area (Å²) < 4.78 is 0. The Morgan fingerprint density at radius 3 is 2.62 bits per heavy atom. The maximum Gasteiger partial charge on any atom is 0.259 e. The largest absolute Gasteiger partial charge is 0.506 e. The van der Waals surface area contributed by atoms with Crippen LogP contribution in [0.4, 0.5) is 5.69 Å². The number of carbonyl (C=O) groups is 3. The number of benzene rings is 1. The van der Waals surface area contributed by atoms with Crippen LogP contribution in [0, 0.1) is 0 Å². The van der Waals surface area contributed by atoms with E-state index in [0.29, 0.717) is 5.69 Å². The van der Waals surface area contributed by atoms with E-state index in [1.807, 2.05) is 0 Å². The Bertz CT molecular complexity index is 786.